The molecule has 0 amide bonds. The number of allylic oxidation sites excluding steroid dienone is 2. The molecular weight excluding hydrogens is 380 g/mol. The van der Waals surface area contributed by atoms with Gasteiger partial charge in [-0.05, 0) is 68.1 Å². The highest BCUT2D eigenvalue weighted by atomic mass is 16.6. The Morgan fingerprint density at radius 1 is 1.27 bits per heavy atom. The largest absolute Gasteiger partial charge is 0.462 e. The van der Waals surface area contributed by atoms with Crippen LogP contribution in [-0.2, 0) is 19.1 Å². The summed E-state index contributed by atoms with van der Waals surface area (Å²) in [6.45, 7) is 14.4. The van der Waals surface area contributed by atoms with Gasteiger partial charge in [0.1, 0.15) is 6.61 Å². The molecule has 5 nitrogen and oxygen atoms in total. The second-order valence-electron chi connectivity index (χ2n) is 10.2. The molecule has 5 heteroatoms. The predicted molar refractivity (Wildman–Crippen MR) is 118 cm³/mol. The lowest BCUT2D eigenvalue weighted by atomic mass is 9.47. The van der Waals surface area contributed by atoms with Gasteiger partial charge in [0.15, 0.2) is 6.10 Å². The zero-order chi connectivity index (χ0) is 22.5. The minimum atomic E-state index is -0.840. The number of ether oxygens (including phenoxy) is 2. The van der Waals surface area contributed by atoms with Crippen molar-refractivity contribution < 1.29 is 24.2 Å². The summed E-state index contributed by atoms with van der Waals surface area (Å²) < 4.78 is 10.0. The van der Waals surface area contributed by atoms with Crippen LogP contribution in [0.25, 0.3) is 0 Å². The van der Waals surface area contributed by atoms with E-state index >= 15 is 0 Å². The van der Waals surface area contributed by atoms with Crippen LogP contribution in [0.15, 0.2) is 23.8 Å². The van der Waals surface area contributed by atoms with Crippen molar-refractivity contribution in [1.29, 1.82) is 0 Å². The maximum absolute atomic E-state index is 12.2. The van der Waals surface area contributed by atoms with Gasteiger partial charge in [-0.25, -0.2) is 4.79 Å². The van der Waals surface area contributed by atoms with E-state index in [2.05, 4.69) is 27.4 Å². The first-order chi connectivity index (χ1) is 14.0. The molecule has 2 aliphatic rings. The third-order valence-electron chi connectivity index (χ3n) is 7.47. The molecule has 4 atom stereocenters. The Bertz CT molecular complexity index is 677. The number of rotatable bonds is 8. The van der Waals surface area contributed by atoms with E-state index in [1.54, 1.807) is 0 Å². The zero-order valence-corrected chi connectivity index (χ0v) is 19.5. The third-order valence-corrected chi connectivity index (χ3v) is 7.47. The highest BCUT2D eigenvalue weighted by Gasteiger charge is 2.52. The molecule has 0 aromatic rings. The molecule has 2 aliphatic carbocycles. The van der Waals surface area contributed by atoms with Crippen LogP contribution < -0.4 is 0 Å². The summed E-state index contributed by atoms with van der Waals surface area (Å²) in [4.78, 5) is 23.1. The number of aliphatic hydroxyl groups is 1. The predicted octanol–water partition coefficient (Wildman–Crippen LogP) is 4.98. The smallest absolute Gasteiger partial charge is 0.331 e. The lowest BCUT2D eigenvalue weighted by Gasteiger charge is -2.58. The topological polar surface area (TPSA) is 72.8 Å². The van der Waals surface area contributed by atoms with Crippen molar-refractivity contribution in [2.24, 2.45) is 22.7 Å². The molecule has 0 aromatic carbocycles. The van der Waals surface area contributed by atoms with E-state index in [1.165, 1.54) is 44.3 Å². The van der Waals surface area contributed by atoms with E-state index in [-0.39, 0.29) is 18.6 Å². The van der Waals surface area contributed by atoms with E-state index in [0.29, 0.717) is 11.3 Å². The van der Waals surface area contributed by atoms with E-state index < -0.39 is 18.0 Å². The summed E-state index contributed by atoms with van der Waals surface area (Å²) in [6.07, 6.45) is 8.64. The fourth-order valence-corrected chi connectivity index (χ4v) is 5.99. The van der Waals surface area contributed by atoms with Gasteiger partial charge in [0.05, 0.1) is 6.61 Å². The Morgan fingerprint density at radius 2 is 1.97 bits per heavy atom. The van der Waals surface area contributed by atoms with Crippen LogP contribution in [0.2, 0.25) is 0 Å². The molecule has 30 heavy (non-hydrogen) atoms. The molecule has 2 saturated carbocycles. The SMILES string of the molecule is C=C1CCC2C(C)(C)CCCC2(C)C1CCC(C)=CC(=O)OC(CO)COC(C)=O. The lowest BCUT2D eigenvalue weighted by Crippen LogP contribution is -2.49. The minimum Gasteiger partial charge on any atom is -0.462 e. The third kappa shape index (κ3) is 5.96. The fourth-order valence-electron chi connectivity index (χ4n) is 5.99. The molecule has 2 rings (SSSR count). The van der Waals surface area contributed by atoms with Crippen LogP contribution in [0.4, 0.5) is 0 Å². The van der Waals surface area contributed by atoms with Crippen LogP contribution in [0.3, 0.4) is 0 Å². The monoisotopic (exact) mass is 420 g/mol. The molecule has 0 radical (unpaired) electrons. The first-order valence-corrected chi connectivity index (χ1v) is 11.3. The second-order valence-corrected chi connectivity index (χ2v) is 10.2. The summed E-state index contributed by atoms with van der Waals surface area (Å²) in [6, 6.07) is 0. The zero-order valence-electron chi connectivity index (χ0n) is 19.5. The first kappa shape index (κ1) is 24.6. The number of fused-ring (bicyclic) bond motifs is 1. The molecule has 0 bridgehead atoms. The maximum atomic E-state index is 12.2. The van der Waals surface area contributed by atoms with E-state index in [0.717, 1.165) is 30.8 Å². The molecule has 4 unspecified atom stereocenters. The number of esters is 2. The summed E-state index contributed by atoms with van der Waals surface area (Å²) >= 11 is 0. The van der Waals surface area contributed by atoms with Crippen molar-refractivity contribution >= 4 is 11.9 Å². The highest BCUT2D eigenvalue weighted by Crippen LogP contribution is 2.61. The number of aliphatic hydroxyl groups excluding tert-OH is 1. The normalized spacial score (nSPS) is 29.7. The summed E-state index contributed by atoms with van der Waals surface area (Å²) in [5, 5.41) is 9.31. The minimum absolute atomic E-state index is 0.137. The first-order valence-electron chi connectivity index (χ1n) is 11.3. The Hall–Kier alpha value is -1.62. The van der Waals surface area contributed by atoms with Crippen molar-refractivity contribution in [3.05, 3.63) is 23.8 Å². The number of carbonyl (C=O) groups is 2. The lowest BCUT2D eigenvalue weighted by molar-refractivity contribution is -0.156. The molecular formula is C25H40O5. The van der Waals surface area contributed by atoms with Crippen molar-refractivity contribution in [1.82, 2.24) is 0 Å². The van der Waals surface area contributed by atoms with Gasteiger partial charge in [-0.15, -0.1) is 0 Å². The van der Waals surface area contributed by atoms with Crippen molar-refractivity contribution in [3.63, 3.8) is 0 Å². The van der Waals surface area contributed by atoms with Crippen molar-refractivity contribution in [3.8, 4) is 0 Å². The second kappa shape index (κ2) is 10.1. The average molecular weight is 421 g/mol. The molecule has 2 fully saturated rings. The van der Waals surface area contributed by atoms with Crippen LogP contribution >= 0.6 is 0 Å². The van der Waals surface area contributed by atoms with Crippen LogP contribution in [0, 0.1) is 22.7 Å². The van der Waals surface area contributed by atoms with Gasteiger partial charge in [-0.1, -0.05) is 44.9 Å². The van der Waals surface area contributed by atoms with Crippen LogP contribution in [0.5, 0.6) is 0 Å². The Morgan fingerprint density at radius 3 is 2.60 bits per heavy atom. The van der Waals surface area contributed by atoms with Gasteiger partial charge in [0, 0.05) is 13.0 Å². The molecule has 0 saturated heterocycles. The Kier molecular flexibility index (Phi) is 8.32. The number of hydrogen-bond donors (Lipinski definition) is 1. The highest BCUT2D eigenvalue weighted by molar-refractivity contribution is 5.82. The molecule has 1 N–H and O–H groups in total. The molecule has 0 spiro atoms. The van der Waals surface area contributed by atoms with Gasteiger partial charge in [-0.3, -0.25) is 4.79 Å². The summed E-state index contributed by atoms with van der Waals surface area (Å²) in [5.41, 5.74) is 2.98. The Balaban J connectivity index is 1.98. The van der Waals surface area contributed by atoms with Gasteiger partial charge < -0.3 is 14.6 Å². The maximum Gasteiger partial charge on any atom is 0.331 e. The summed E-state index contributed by atoms with van der Waals surface area (Å²) in [5.74, 6) is 0.213. The molecule has 170 valence electrons. The van der Waals surface area contributed by atoms with Gasteiger partial charge in [0.2, 0.25) is 0 Å². The fraction of sp³-hybridized carbons (Fsp3) is 0.760. The van der Waals surface area contributed by atoms with Gasteiger partial charge in [0.25, 0.3) is 0 Å². The molecule has 0 aliphatic heterocycles. The van der Waals surface area contributed by atoms with Crippen LogP contribution in [-0.4, -0.2) is 36.4 Å². The Labute approximate surface area is 181 Å². The van der Waals surface area contributed by atoms with Crippen molar-refractivity contribution in [2.75, 3.05) is 13.2 Å². The van der Waals surface area contributed by atoms with E-state index in [4.69, 9.17) is 9.47 Å². The number of carbonyl (C=O) groups excluding carboxylic acids is 2. The van der Waals surface area contributed by atoms with E-state index in [9.17, 15) is 14.7 Å². The van der Waals surface area contributed by atoms with Gasteiger partial charge >= 0.3 is 11.9 Å². The summed E-state index contributed by atoms with van der Waals surface area (Å²) in [7, 11) is 0. The molecule has 0 heterocycles. The number of hydrogen-bond acceptors (Lipinski definition) is 5. The van der Waals surface area contributed by atoms with Gasteiger partial charge in [-0.2, -0.15) is 0 Å². The quantitative estimate of drug-likeness (QED) is 0.341. The van der Waals surface area contributed by atoms with Crippen LogP contribution in [0.1, 0.15) is 79.6 Å². The van der Waals surface area contributed by atoms with E-state index in [1.807, 2.05) is 6.92 Å². The molecule has 0 aromatic heterocycles. The van der Waals surface area contributed by atoms with Crippen molar-refractivity contribution in [2.45, 2.75) is 85.7 Å². The standard InChI is InChI=1S/C25H40O5/c1-17(14-23(28)30-20(15-26)16-29-19(3)27)8-10-21-18(2)9-11-22-24(4,5)12-7-13-25(21,22)6/h14,20-22,26H,2,7-13,15-16H2,1,3-6H3. The average Bonchev–Trinajstić information content (AvgIpc) is 2.63.